The molecule has 0 amide bonds. The van der Waals surface area contributed by atoms with Gasteiger partial charge in [0.25, 0.3) is 0 Å². The monoisotopic (exact) mass is 466 g/mol. The Kier molecular flexibility index (Phi) is 6.04. The second-order valence-corrected chi connectivity index (χ2v) is 9.89. The Morgan fingerprint density at radius 3 is 1.88 bits per heavy atom. The number of benzene rings is 3. The van der Waals surface area contributed by atoms with Crippen molar-refractivity contribution in [3.63, 3.8) is 0 Å². The topological polar surface area (TPSA) is 49.5 Å². The van der Waals surface area contributed by atoms with Gasteiger partial charge in [0.15, 0.2) is 0 Å². The second kappa shape index (κ2) is 8.81. The fourth-order valence-corrected chi connectivity index (χ4v) is 6.41. The number of piperidine rings is 1. The molecule has 3 aromatic carbocycles. The average Bonchev–Trinajstić information content (AvgIpc) is 3.07. The van der Waals surface area contributed by atoms with E-state index in [-0.39, 0.29) is 18.1 Å². The molecule has 0 radical (unpaired) electrons. The maximum Gasteiger partial charge on any atom is 0.0929 e. The molecular formula is C27H28Cl2N2O. The molecule has 2 aliphatic rings. The number of halogens is 2. The fraction of sp³-hybridized carbons (Fsp3) is 0.333. The maximum atomic E-state index is 11.9. The first kappa shape index (κ1) is 21.9. The van der Waals surface area contributed by atoms with Crippen LogP contribution in [-0.4, -0.2) is 22.1 Å². The summed E-state index contributed by atoms with van der Waals surface area (Å²) in [5.74, 6) is 0. The van der Waals surface area contributed by atoms with E-state index >= 15 is 0 Å². The van der Waals surface area contributed by atoms with E-state index in [1.807, 2.05) is 60.7 Å². The smallest absolute Gasteiger partial charge is 0.0929 e. The lowest BCUT2D eigenvalue weighted by atomic mass is 9.77. The number of rotatable bonds is 5. The Bertz CT molecular complexity index is 1060. The number of hydrogen-bond acceptors (Lipinski definition) is 3. The van der Waals surface area contributed by atoms with Gasteiger partial charge in [0, 0.05) is 28.7 Å². The predicted molar refractivity (Wildman–Crippen MR) is 131 cm³/mol. The van der Waals surface area contributed by atoms with Crippen LogP contribution in [0, 0.1) is 0 Å². The molecule has 3 aromatic rings. The van der Waals surface area contributed by atoms with Crippen LogP contribution in [0.2, 0.25) is 10.0 Å². The lowest BCUT2D eigenvalue weighted by molar-refractivity contribution is -0.0662. The molecule has 2 aliphatic heterocycles. The van der Waals surface area contributed by atoms with Gasteiger partial charge >= 0.3 is 0 Å². The van der Waals surface area contributed by atoms with Crippen molar-refractivity contribution in [2.45, 2.75) is 56.0 Å². The Hall–Kier alpha value is -1.88. The zero-order valence-corrected chi connectivity index (χ0v) is 19.4. The SMILES string of the molecule is NCc1ccccc1C1(O)C[C@H]2CC[C@@H](C1)N2C(c1ccccc1Cl)c1ccccc1Cl. The summed E-state index contributed by atoms with van der Waals surface area (Å²) in [7, 11) is 0. The first-order chi connectivity index (χ1) is 15.5. The second-order valence-electron chi connectivity index (χ2n) is 9.08. The van der Waals surface area contributed by atoms with Crippen LogP contribution in [-0.2, 0) is 12.1 Å². The zero-order valence-electron chi connectivity index (χ0n) is 17.9. The van der Waals surface area contributed by atoms with Crippen LogP contribution in [0.5, 0.6) is 0 Å². The van der Waals surface area contributed by atoms with E-state index < -0.39 is 5.60 Å². The summed E-state index contributed by atoms with van der Waals surface area (Å²) < 4.78 is 0. The molecule has 5 heteroatoms. The molecule has 3 nitrogen and oxygen atoms in total. The van der Waals surface area contributed by atoms with E-state index in [0.29, 0.717) is 19.4 Å². The van der Waals surface area contributed by atoms with Crippen LogP contribution in [0.25, 0.3) is 0 Å². The van der Waals surface area contributed by atoms with Crippen LogP contribution < -0.4 is 5.73 Å². The third-order valence-corrected chi connectivity index (χ3v) is 7.95. The first-order valence-corrected chi connectivity index (χ1v) is 12.0. The van der Waals surface area contributed by atoms with Gasteiger partial charge < -0.3 is 10.8 Å². The highest BCUT2D eigenvalue weighted by atomic mass is 35.5. The molecule has 166 valence electrons. The molecule has 3 atom stereocenters. The molecule has 0 saturated carbocycles. The van der Waals surface area contributed by atoms with Crippen LogP contribution in [0.4, 0.5) is 0 Å². The van der Waals surface area contributed by atoms with Crippen LogP contribution in [0.1, 0.15) is 54.0 Å². The Labute approximate surface area is 199 Å². The maximum absolute atomic E-state index is 11.9. The third-order valence-electron chi connectivity index (χ3n) is 7.26. The van der Waals surface area contributed by atoms with Gasteiger partial charge in [-0.25, -0.2) is 0 Å². The van der Waals surface area contributed by atoms with Crippen molar-refractivity contribution in [2.24, 2.45) is 5.73 Å². The van der Waals surface area contributed by atoms with Crippen LogP contribution >= 0.6 is 23.2 Å². The van der Waals surface area contributed by atoms with Gasteiger partial charge in [-0.1, -0.05) is 83.9 Å². The highest BCUT2D eigenvalue weighted by molar-refractivity contribution is 6.32. The highest BCUT2D eigenvalue weighted by Gasteiger charge is 2.51. The zero-order chi connectivity index (χ0) is 22.3. The third kappa shape index (κ3) is 3.76. The van der Waals surface area contributed by atoms with Gasteiger partial charge in [0.05, 0.1) is 11.6 Å². The number of hydrogen-bond donors (Lipinski definition) is 2. The summed E-state index contributed by atoms with van der Waals surface area (Å²) in [5.41, 5.74) is 9.27. The molecule has 3 N–H and O–H groups in total. The molecule has 1 unspecified atom stereocenters. The molecule has 0 aliphatic carbocycles. The molecule has 5 rings (SSSR count). The van der Waals surface area contributed by atoms with Gasteiger partial charge in [-0.2, -0.15) is 0 Å². The van der Waals surface area contributed by atoms with E-state index in [1.54, 1.807) is 0 Å². The van der Waals surface area contributed by atoms with Gasteiger partial charge in [0.1, 0.15) is 0 Å². The van der Waals surface area contributed by atoms with E-state index in [2.05, 4.69) is 17.0 Å². The van der Waals surface area contributed by atoms with E-state index in [0.717, 1.165) is 45.1 Å². The first-order valence-electron chi connectivity index (χ1n) is 11.3. The van der Waals surface area contributed by atoms with Crippen molar-refractivity contribution in [3.05, 3.63) is 105 Å². The minimum absolute atomic E-state index is 0.0517. The summed E-state index contributed by atoms with van der Waals surface area (Å²) in [6, 6.07) is 24.5. The Morgan fingerprint density at radius 1 is 0.844 bits per heavy atom. The van der Waals surface area contributed by atoms with Crippen molar-refractivity contribution in [3.8, 4) is 0 Å². The van der Waals surface area contributed by atoms with Gasteiger partial charge in [-0.3, -0.25) is 4.90 Å². The molecule has 2 heterocycles. The molecule has 0 spiro atoms. The summed E-state index contributed by atoms with van der Waals surface area (Å²) >= 11 is 13.4. The molecule has 32 heavy (non-hydrogen) atoms. The normalized spacial score (nSPS) is 25.4. The van der Waals surface area contributed by atoms with Gasteiger partial charge in [0.2, 0.25) is 0 Å². The van der Waals surface area contributed by atoms with Gasteiger partial charge in [-0.05, 0) is 60.1 Å². The highest BCUT2D eigenvalue weighted by Crippen LogP contribution is 2.52. The van der Waals surface area contributed by atoms with Crippen LogP contribution in [0.15, 0.2) is 72.8 Å². The molecular weight excluding hydrogens is 439 g/mol. The molecule has 2 bridgehead atoms. The van der Waals surface area contributed by atoms with Crippen molar-refractivity contribution in [1.29, 1.82) is 0 Å². The largest absolute Gasteiger partial charge is 0.385 e. The van der Waals surface area contributed by atoms with Crippen molar-refractivity contribution in [1.82, 2.24) is 4.90 Å². The van der Waals surface area contributed by atoms with Gasteiger partial charge in [-0.15, -0.1) is 0 Å². The summed E-state index contributed by atoms with van der Waals surface area (Å²) in [6.07, 6.45) is 3.43. The number of nitrogens with two attached hydrogens (primary N) is 1. The predicted octanol–water partition coefficient (Wildman–Crippen LogP) is 6.06. The lowest BCUT2D eigenvalue weighted by Crippen LogP contribution is -2.51. The van der Waals surface area contributed by atoms with E-state index in [4.69, 9.17) is 28.9 Å². The van der Waals surface area contributed by atoms with Crippen molar-refractivity contribution < 1.29 is 5.11 Å². The number of nitrogens with zero attached hydrogens (tertiary/aromatic N) is 1. The molecule has 2 saturated heterocycles. The lowest BCUT2D eigenvalue weighted by Gasteiger charge is -2.48. The average molecular weight is 467 g/mol. The van der Waals surface area contributed by atoms with Crippen LogP contribution in [0.3, 0.4) is 0 Å². The minimum atomic E-state index is -0.871. The summed E-state index contributed by atoms with van der Waals surface area (Å²) in [4.78, 5) is 2.56. The van der Waals surface area contributed by atoms with E-state index in [9.17, 15) is 5.11 Å². The summed E-state index contributed by atoms with van der Waals surface area (Å²) in [5, 5.41) is 13.3. The Morgan fingerprint density at radius 2 is 1.34 bits per heavy atom. The van der Waals surface area contributed by atoms with Crippen molar-refractivity contribution in [2.75, 3.05) is 0 Å². The Balaban J connectivity index is 1.57. The molecule has 0 aromatic heterocycles. The fourth-order valence-electron chi connectivity index (χ4n) is 5.94. The quantitative estimate of drug-likeness (QED) is 0.480. The number of aliphatic hydroxyl groups is 1. The van der Waals surface area contributed by atoms with E-state index in [1.165, 1.54) is 0 Å². The summed E-state index contributed by atoms with van der Waals surface area (Å²) in [6.45, 7) is 0.430. The van der Waals surface area contributed by atoms with Crippen molar-refractivity contribution >= 4 is 23.2 Å². The standard InChI is InChI=1S/C27H28Cl2N2O/c28-24-11-5-2-8-21(24)26(22-9-3-6-12-25(22)29)31-19-13-14-20(31)16-27(32,15-19)23-10-4-1-7-18(23)17-30/h1-12,19-20,26,32H,13-17,30H2/t19-,20+,27?. The number of fused-ring (bicyclic) bond motifs is 2. The molecule has 2 fully saturated rings. The minimum Gasteiger partial charge on any atom is -0.385 e.